The second-order valence-electron chi connectivity index (χ2n) is 6.26. The molecule has 1 heterocycles. The van der Waals surface area contributed by atoms with E-state index >= 15 is 0 Å². The molecule has 0 spiro atoms. The molecule has 1 aliphatic heterocycles. The predicted molar refractivity (Wildman–Crippen MR) is 88.3 cm³/mol. The zero-order valence-corrected chi connectivity index (χ0v) is 14.0. The fraction of sp³-hybridized carbons (Fsp3) is 0.647. The van der Waals surface area contributed by atoms with Crippen molar-refractivity contribution in [3.63, 3.8) is 0 Å². The van der Waals surface area contributed by atoms with Crippen LogP contribution in [0.1, 0.15) is 37.7 Å². The molecule has 1 saturated heterocycles. The van der Waals surface area contributed by atoms with E-state index in [9.17, 15) is 8.42 Å². The minimum atomic E-state index is -2.82. The van der Waals surface area contributed by atoms with Crippen LogP contribution >= 0.6 is 0 Å². The first-order valence-corrected chi connectivity index (χ1v) is 10.0. The van der Waals surface area contributed by atoms with Gasteiger partial charge in [-0.1, -0.05) is 43.7 Å². The largest absolute Gasteiger partial charge is 0.303 e. The summed E-state index contributed by atoms with van der Waals surface area (Å²) in [5.41, 5.74) is 1.46. The van der Waals surface area contributed by atoms with Gasteiger partial charge < -0.3 is 4.90 Å². The van der Waals surface area contributed by atoms with Gasteiger partial charge in [-0.2, -0.15) is 0 Å². The van der Waals surface area contributed by atoms with Gasteiger partial charge in [0.1, 0.15) is 9.84 Å². The second-order valence-corrected chi connectivity index (χ2v) is 8.52. The summed E-state index contributed by atoms with van der Waals surface area (Å²) in [4.78, 5) is 2.44. The fourth-order valence-electron chi connectivity index (χ4n) is 3.41. The van der Waals surface area contributed by atoms with Crippen LogP contribution in [0.2, 0.25) is 0 Å². The molecule has 4 heteroatoms. The zero-order chi connectivity index (χ0) is 15.3. The first-order valence-electron chi connectivity index (χ1n) is 7.94. The molecule has 118 valence electrons. The van der Waals surface area contributed by atoms with Crippen LogP contribution in [-0.2, 0) is 9.84 Å². The third-order valence-electron chi connectivity index (χ3n) is 4.56. The average molecular weight is 309 g/mol. The van der Waals surface area contributed by atoms with E-state index in [1.165, 1.54) is 24.7 Å². The van der Waals surface area contributed by atoms with Crippen molar-refractivity contribution in [2.75, 3.05) is 31.6 Å². The Balaban J connectivity index is 1.89. The van der Waals surface area contributed by atoms with Crippen LogP contribution in [0.5, 0.6) is 0 Å². The maximum Gasteiger partial charge on any atom is 0.147 e. The Morgan fingerprint density at radius 3 is 2.57 bits per heavy atom. The molecule has 2 atom stereocenters. The standard InChI is InChI=1S/C17H27NO2S/c1-3-15-14-18(11-7-13-21(2,19)20)12-10-17(15)16-8-5-4-6-9-16/h4-6,8-9,15,17H,3,7,10-14H2,1-2H3/t15-,17-/m0/s1. The molecular weight excluding hydrogens is 282 g/mol. The lowest BCUT2D eigenvalue weighted by atomic mass is 9.79. The maximum atomic E-state index is 11.2. The molecule has 0 unspecified atom stereocenters. The second kappa shape index (κ2) is 7.41. The number of sulfone groups is 1. The van der Waals surface area contributed by atoms with Crippen molar-refractivity contribution in [3.8, 4) is 0 Å². The van der Waals surface area contributed by atoms with Crippen molar-refractivity contribution in [2.45, 2.75) is 32.1 Å². The maximum absolute atomic E-state index is 11.2. The van der Waals surface area contributed by atoms with Crippen LogP contribution in [0, 0.1) is 5.92 Å². The van der Waals surface area contributed by atoms with Gasteiger partial charge in [0, 0.05) is 12.8 Å². The van der Waals surface area contributed by atoms with Crippen molar-refractivity contribution in [1.29, 1.82) is 0 Å². The molecule has 0 amide bonds. The van der Waals surface area contributed by atoms with Gasteiger partial charge in [-0.3, -0.25) is 0 Å². The van der Waals surface area contributed by atoms with E-state index in [-0.39, 0.29) is 0 Å². The van der Waals surface area contributed by atoms with Crippen molar-refractivity contribution in [3.05, 3.63) is 35.9 Å². The Hall–Kier alpha value is -0.870. The molecule has 1 aromatic carbocycles. The number of likely N-dealkylation sites (tertiary alicyclic amines) is 1. The van der Waals surface area contributed by atoms with E-state index in [2.05, 4.69) is 42.2 Å². The molecule has 3 nitrogen and oxygen atoms in total. The van der Waals surface area contributed by atoms with E-state index in [0.29, 0.717) is 17.6 Å². The molecule has 0 aromatic heterocycles. The summed E-state index contributed by atoms with van der Waals surface area (Å²) < 4.78 is 22.4. The summed E-state index contributed by atoms with van der Waals surface area (Å²) in [6, 6.07) is 10.8. The molecule has 0 radical (unpaired) electrons. The highest BCUT2D eigenvalue weighted by molar-refractivity contribution is 7.90. The molecule has 0 aliphatic carbocycles. The van der Waals surface area contributed by atoms with Gasteiger partial charge in [0.05, 0.1) is 5.75 Å². The fourth-order valence-corrected chi connectivity index (χ4v) is 4.07. The van der Waals surface area contributed by atoms with Crippen molar-refractivity contribution < 1.29 is 8.42 Å². The van der Waals surface area contributed by atoms with Crippen LogP contribution in [-0.4, -0.2) is 45.0 Å². The summed E-state index contributed by atoms with van der Waals surface area (Å²) in [7, 11) is -2.82. The number of rotatable bonds is 6. The lowest BCUT2D eigenvalue weighted by molar-refractivity contribution is 0.151. The van der Waals surface area contributed by atoms with Gasteiger partial charge in [-0.25, -0.2) is 8.42 Å². The van der Waals surface area contributed by atoms with Gasteiger partial charge in [-0.05, 0) is 43.3 Å². The Morgan fingerprint density at radius 2 is 1.95 bits per heavy atom. The molecule has 0 N–H and O–H groups in total. The molecular formula is C17H27NO2S. The van der Waals surface area contributed by atoms with Crippen molar-refractivity contribution in [2.24, 2.45) is 5.92 Å². The van der Waals surface area contributed by atoms with Gasteiger partial charge in [0.2, 0.25) is 0 Å². The first-order chi connectivity index (χ1) is 9.99. The highest BCUT2D eigenvalue weighted by Gasteiger charge is 2.28. The van der Waals surface area contributed by atoms with E-state index in [4.69, 9.17) is 0 Å². The third kappa shape index (κ3) is 5.11. The zero-order valence-electron chi connectivity index (χ0n) is 13.2. The highest BCUT2D eigenvalue weighted by Crippen LogP contribution is 2.34. The highest BCUT2D eigenvalue weighted by atomic mass is 32.2. The summed E-state index contributed by atoms with van der Waals surface area (Å²) in [5, 5.41) is 0. The van der Waals surface area contributed by atoms with Gasteiger partial charge in [-0.15, -0.1) is 0 Å². The Morgan fingerprint density at radius 1 is 1.24 bits per heavy atom. The van der Waals surface area contributed by atoms with Crippen molar-refractivity contribution >= 4 is 9.84 Å². The normalized spacial score (nSPS) is 24.1. The average Bonchev–Trinajstić information content (AvgIpc) is 2.46. The molecule has 21 heavy (non-hydrogen) atoms. The molecule has 2 rings (SSSR count). The SMILES string of the molecule is CC[C@H]1CN(CCCS(C)(=O)=O)CC[C@@H]1c1ccccc1. The topological polar surface area (TPSA) is 37.4 Å². The number of piperidine rings is 1. The monoisotopic (exact) mass is 309 g/mol. The third-order valence-corrected chi connectivity index (χ3v) is 5.59. The Labute approximate surface area is 129 Å². The summed E-state index contributed by atoms with van der Waals surface area (Å²) in [5.74, 6) is 1.64. The lowest BCUT2D eigenvalue weighted by Crippen LogP contribution is -2.40. The van der Waals surface area contributed by atoms with Crippen LogP contribution < -0.4 is 0 Å². The summed E-state index contributed by atoms with van der Waals surface area (Å²) in [6.45, 7) is 5.35. The van der Waals surface area contributed by atoms with Crippen LogP contribution in [0.3, 0.4) is 0 Å². The smallest absolute Gasteiger partial charge is 0.147 e. The summed E-state index contributed by atoms with van der Waals surface area (Å²) in [6.07, 6.45) is 4.44. The number of hydrogen-bond donors (Lipinski definition) is 0. The first kappa shape index (κ1) is 16.5. The van der Waals surface area contributed by atoms with E-state index < -0.39 is 9.84 Å². The van der Waals surface area contributed by atoms with E-state index in [0.717, 1.165) is 26.1 Å². The predicted octanol–water partition coefficient (Wildman–Crippen LogP) is 2.94. The van der Waals surface area contributed by atoms with Crippen LogP contribution in [0.25, 0.3) is 0 Å². The Kier molecular flexibility index (Phi) is 5.82. The minimum Gasteiger partial charge on any atom is -0.303 e. The molecule has 1 aliphatic rings. The van der Waals surface area contributed by atoms with E-state index in [1.807, 2.05) is 0 Å². The number of nitrogens with zero attached hydrogens (tertiary/aromatic N) is 1. The molecule has 1 aromatic rings. The lowest BCUT2D eigenvalue weighted by Gasteiger charge is -2.38. The number of hydrogen-bond acceptors (Lipinski definition) is 3. The Bertz CT molecular complexity index is 527. The molecule has 0 saturated carbocycles. The minimum absolute atomic E-state index is 0.308. The molecule has 0 bridgehead atoms. The van der Waals surface area contributed by atoms with Crippen molar-refractivity contribution in [1.82, 2.24) is 4.90 Å². The van der Waals surface area contributed by atoms with Gasteiger partial charge in [0.25, 0.3) is 0 Å². The van der Waals surface area contributed by atoms with Gasteiger partial charge in [0.15, 0.2) is 0 Å². The quantitative estimate of drug-likeness (QED) is 0.811. The number of benzene rings is 1. The van der Waals surface area contributed by atoms with E-state index in [1.54, 1.807) is 0 Å². The van der Waals surface area contributed by atoms with Crippen LogP contribution in [0.4, 0.5) is 0 Å². The van der Waals surface area contributed by atoms with Crippen LogP contribution in [0.15, 0.2) is 30.3 Å². The van der Waals surface area contributed by atoms with Gasteiger partial charge >= 0.3 is 0 Å². The molecule has 1 fully saturated rings. The summed E-state index contributed by atoms with van der Waals surface area (Å²) >= 11 is 0.